The lowest BCUT2D eigenvalue weighted by Crippen LogP contribution is -2.30. The maximum Gasteiger partial charge on any atom is 0.336 e. The molecule has 0 fully saturated rings. The highest BCUT2D eigenvalue weighted by Crippen LogP contribution is 2.10. The summed E-state index contributed by atoms with van der Waals surface area (Å²) in [5.74, 6) is -0.964. The van der Waals surface area contributed by atoms with Gasteiger partial charge in [0.25, 0.3) is 5.91 Å². The fraction of sp³-hybridized carbons (Fsp3) is 0.429. The van der Waals surface area contributed by atoms with Gasteiger partial charge >= 0.3 is 5.97 Å². The Morgan fingerprint density at radius 1 is 1.17 bits per heavy atom. The molecule has 0 saturated heterocycles. The molecule has 0 spiro atoms. The molecule has 18 heavy (non-hydrogen) atoms. The molecule has 0 bridgehead atoms. The van der Waals surface area contributed by atoms with Gasteiger partial charge in [-0.15, -0.1) is 0 Å². The lowest BCUT2D eigenvalue weighted by Gasteiger charge is -2.13. The molecule has 4 nitrogen and oxygen atoms in total. The summed E-state index contributed by atoms with van der Waals surface area (Å²) in [5, 5.41) is 11.8. The molecular formula is C14H19NO3. The first kappa shape index (κ1) is 14.2. The number of aromatic carboxylic acids is 1. The summed E-state index contributed by atoms with van der Waals surface area (Å²) >= 11 is 0. The Labute approximate surface area is 107 Å². The van der Waals surface area contributed by atoms with Gasteiger partial charge < -0.3 is 10.4 Å². The molecule has 0 radical (unpaired) electrons. The molecule has 98 valence electrons. The predicted octanol–water partition coefficient (Wildman–Crippen LogP) is 2.55. The molecular weight excluding hydrogens is 230 g/mol. The monoisotopic (exact) mass is 249 g/mol. The zero-order valence-electron chi connectivity index (χ0n) is 10.8. The van der Waals surface area contributed by atoms with E-state index in [0.717, 1.165) is 12.8 Å². The molecule has 0 aliphatic rings. The first-order valence-electron chi connectivity index (χ1n) is 6.20. The van der Waals surface area contributed by atoms with Crippen LogP contribution >= 0.6 is 0 Å². The van der Waals surface area contributed by atoms with Gasteiger partial charge in [0.05, 0.1) is 11.1 Å². The quantitative estimate of drug-likeness (QED) is 0.814. The molecule has 0 heterocycles. The molecule has 0 atom stereocenters. The van der Waals surface area contributed by atoms with E-state index in [9.17, 15) is 9.59 Å². The summed E-state index contributed by atoms with van der Waals surface area (Å²) in [7, 11) is 0. The van der Waals surface area contributed by atoms with Crippen LogP contribution in [0.3, 0.4) is 0 Å². The number of carboxylic acids is 1. The molecule has 1 amide bonds. The predicted molar refractivity (Wildman–Crippen MR) is 69.8 cm³/mol. The Bertz CT molecular complexity index is 425. The van der Waals surface area contributed by atoms with Crippen molar-refractivity contribution in [3.8, 4) is 0 Å². The average Bonchev–Trinajstić information content (AvgIpc) is 2.39. The molecule has 1 aromatic rings. The van der Waals surface area contributed by atoms with Gasteiger partial charge in [-0.05, 0) is 18.1 Å². The number of hydrogen-bond donors (Lipinski definition) is 2. The smallest absolute Gasteiger partial charge is 0.336 e. The number of rotatable bonds is 6. The van der Waals surface area contributed by atoms with Crippen molar-refractivity contribution in [3.63, 3.8) is 0 Å². The van der Waals surface area contributed by atoms with Crippen molar-refractivity contribution in [1.82, 2.24) is 5.32 Å². The first-order valence-corrected chi connectivity index (χ1v) is 6.20. The summed E-state index contributed by atoms with van der Waals surface area (Å²) in [6.45, 7) is 4.73. The van der Waals surface area contributed by atoms with Crippen LogP contribution < -0.4 is 5.32 Å². The number of carbonyl (C=O) groups excluding carboxylic acids is 1. The van der Waals surface area contributed by atoms with Crippen LogP contribution in [0.1, 0.15) is 47.4 Å². The third-order valence-electron chi connectivity index (χ3n) is 3.11. The van der Waals surface area contributed by atoms with Gasteiger partial charge in [-0.3, -0.25) is 4.79 Å². The zero-order chi connectivity index (χ0) is 13.5. The maximum absolute atomic E-state index is 11.9. The van der Waals surface area contributed by atoms with Gasteiger partial charge in [0.1, 0.15) is 0 Å². The standard InChI is InChI=1S/C14H19NO3/c1-3-10(4-2)9-15-13(16)11-7-5-6-8-12(11)14(17)18/h5-8,10H,3-4,9H2,1-2H3,(H,15,16)(H,17,18). The van der Waals surface area contributed by atoms with Crippen molar-refractivity contribution in [2.24, 2.45) is 5.92 Å². The summed E-state index contributed by atoms with van der Waals surface area (Å²) in [5.41, 5.74) is 0.260. The number of amides is 1. The minimum absolute atomic E-state index is 0.0412. The molecule has 0 aliphatic carbocycles. The van der Waals surface area contributed by atoms with E-state index < -0.39 is 5.97 Å². The van der Waals surface area contributed by atoms with Crippen LogP contribution in [0.2, 0.25) is 0 Å². The van der Waals surface area contributed by atoms with E-state index in [1.807, 2.05) is 0 Å². The number of nitrogens with one attached hydrogen (secondary N) is 1. The lowest BCUT2D eigenvalue weighted by molar-refractivity contribution is 0.0691. The summed E-state index contributed by atoms with van der Waals surface area (Å²) in [6, 6.07) is 6.25. The normalized spacial score (nSPS) is 10.4. The van der Waals surface area contributed by atoms with Gasteiger partial charge in [0.15, 0.2) is 0 Å². The highest BCUT2D eigenvalue weighted by molar-refractivity contribution is 6.04. The Morgan fingerprint density at radius 3 is 2.22 bits per heavy atom. The highest BCUT2D eigenvalue weighted by atomic mass is 16.4. The molecule has 0 saturated carbocycles. The van der Waals surface area contributed by atoms with Crippen LogP contribution in [0.25, 0.3) is 0 Å². The van der Waals surface area contributed by atoms with E-state index >= 15 is 0 Å². The van der Waals surface area contributed by atoms with Crippen LogP contribution in [-0.2, 0) is 0 Å². The fourth-order valence-electron chi connectivity index (χ4n) is 1.78. The second-order valence-electron chi connectivity index (χ2n) is 4.24. The van der Waals surface area contributed by atoms with Crippen LogP contribution in [0.4, 0.5) is 0 Å². The molecule has 2 N–H and O–H groups in total. The van der Waals surface area contributed by atoms with E-state index in [-0.39, 0.29) is 17.0 Å². The number of hydrogen-bond acceptors (Lipinski definition) is 2. The van der Waals surface area contributed by atoms with E-state index in [2.05, 4.69) is 19.2 Å². The SMILES string of the molecule is CCC(CC)CNC(=O)c1ccccc1C(=O)O. The molecule has 1 aromatic carbocycles. The lowest BCUT2D eigenvalue weighted by atomic mass is 10.0. The van der Waals surface area contributed by atoms with Gasteiger partial charge in [0.2, 0.25) is 0 Å². The Hall–Kier alpha value is -1.84. The van der Waals surface area contributed by atoms with Gasteiger partial charge in [-0.2, -0.15) is 0 Å². The molecule has 1 rings (SSSR count). The second-order valence-corrected chi connectivity index (χ2v) is 4.24. The van der Waals surface area contributed by atoms with Gasteiger partial charge in [0, 0.05) is 6.54 Å². The third-order valence-corrected chi connectivity index (χ3v) is 3.11. The number of carboxylic acid groups (broad SMARTS) is 1. The van der Waals surface area contributed by atoms with Gasteiger partial charge in [-0.25, -0.2) is 4.79 Å². The molecule has 0 aromatic heterocycles. The molecule has 0 aliphatic heterocycles. The van der Waals surface area contributed by atoms with Crippen LogP contribution in [0.5, 0.6) is 0 Å². The first-order chi connectivity index (χ1) is 8.60. The average molecular weight is 249 g/mol. The van der Waals surface area contributed by atoms with E-state index in [0.29, 0.717) is 12.5 Å². The topological polar surface area (TPSA) is 66.4 Å². The van der Waals surface area contributed by atoms with Crippen molar-refractivity contribution in [1.29, 1.82) is 0 Å². The highest BCUT2D eigenvalue weighted by Gasteiger charge is 2.16. The van der Waals surface area contributed by atoms with Crippen molar-refractivity contribution < 1.29 is 14.7 Å². The number of benzene rings is 1. The van der Waals surface area contributed by atoms with Crippen molar-refractivity contribution >= 4 is 11.9 Å². The van der Waals surface area contributed by atoms with E-state index in [4.69, 9.17) is 5.11 Å². The largest absolute Gasteiger partial charge is 0.478 e. The van der Waals surface area contributed by atoms with Crippen molar-refractivity contribution in [2.45, 2.75) is 26.7 Å². The molecule has 0 unspecified atom stereocenters. The van der Waals surface area contributed by atoms with E-state index in [1.165, 1.54) is 12.1 Å². The summed E-state index contributed by atoms with van der Waals surface area (Å²) in [6.07, 6.45) is 1.99. The Morgan fingerprint density at radius 2 is 1.72 bits per heavy atom. The molecule has 4 heteroatoms. The summed E-state index contributed by atoms with van der Waals surface area (Å²) in [4.78, 5) is 22.9. The van der Waals surface area contributed by atoms with Gasteiger partial charge in [-0.1, -0.05) is 38.8 Å². The van der Waals surface area contributed by atoms with Crippen LogP contribution in [0.15, 0.2) is 24.3 Å². The fourth-order valence-corrected chi connectivity index (χ4v) is 1.78. The maximum atomic E-state index is 11.9. The van der Waals surface area contributed by atoms with Crippen LogP contribution in [0, 0.1) is 5.92 Å². The third kappa shape index (κ3) is 3.58. The Balaban J connectivity index is 2.75. The van der Waals surface area contributed by atoms with Crippen molar-refractivity contribution in [3.05, 3.63) is 35.4 Å². The minimum atomic E-state index is -1.08. The Kier molecular flexibility index (Phi) is 5.36. The van der Waals surface area contributed by atoms with Crippen LogP contribution in [-0.4, -0.2) is 23.5 Å². The second kappa shape index (κ2) is 6.79. The van der Waals surface area contributed by atoms with Crippen molar-refractivity contribution in [2.75, 3.05) is 6.54 Å². The number of carbonyl (C=O) groups is 2. The summed E-state index contributed by atoms with van der Waals surface area (Å²) < 4.78 is 0. The van der Waals surface area contributed by atoms with E-state index in [1.54, 1.807) is 12.1 Å². The minimum Gasteiger partial charge on any atom is -0.478 e. The zero-order valence-corrected chi connectivity index (χ0v) is 10.8.